The van der Waals surface area contributed by atoms with E-state index in [9.17, 15) is 9.59 Å². The van der Waals surface area contributed by atoms with Gasteiger partial charge in [-0.05, 0) is 62.8 Å². The third kappa shape index (κ3) is 42.5. The van der Waals surface area contributed by atoms with Crippen LogP contribution in [0.25, 0.3) is 22.6 Å². The zero-order valence-electron chi connectivity index (χ0n) is 61.0. The molecule has 528 valence electrons. The van der Waals surface area contributed by atoms with Crippen LogP contribution in [0.4, 0.5) is 0 Å². The molecule has 2 aliphatic heterocycles. The van der Waals surface area contributed by atoms with E-state index in [1.165, 1.54) is 315 Å². The van der Waals surface area contributed by atoms with Crippen LogP contribution in [0, 0.1) is 13.8 Å². The Kier molecular flexibility index (Phi) is 54.3. The molecule has 3 atom stereocenters. The molecule has 3 rings (SSSR count). The predicted octanol–water partition coefficient (Wildman–Crippen LogP) is 24.3. The molecule has 0 spiro atoms. The first kappa shape index (κ1) is 82.6. The lowest BCUT2D eigenvalue weighted by Crippen LogP contribution is -2.48. The average Bonchev–Trinajstić information content (AvgIpc) is 0.774. The van der Waals surface area contributed by atoms with Crippen molar-refractivity contribution in [3.8, 4) is 11.5 Å². The molecule has 1 aromatic rings. The number of aromatic nitrogens is 4. The summed E-state index contributed by atoms with van der Waals surface area (Å²) in [6, 6.07) is 4.18. The Morgan fingerprint density at radius 3 is 1.01 bits per heavy atom. The van der Waals surface area contributed by atoms with E-state index >= 15 is 0 Å². The first-order valence-electron chi connectivity index (χ1n) is 40.2. The summed E-state index contributed by atoms with van der Waals surface area (Å²) in [5, 5.41) is 0. The summed E-state index contributed by atoms with van der Waals surface area (Å²) < 4.78 is 30.4. The minimum atomic E-state index is -0.673. The van der Waals surface area contributed by atoms with Gasteiger partial charge in [0.1, 0.15) is 18.3 Å². The Hall–Kier alpha value is -2.66. The van der Waals surface area contributed by atoms with Crippen LogP contribution in [-0.4, -0.2) is 70.9 Å². The normalized spacial score (nSPS) is 12.9. The summed E-state index contributed by atoms with van der Waals surface area (Å²) >= 11 is 0. The molecule has 2 heterocycles. The molecule has 0 saturated heterocycles. The molecule has 10 nitrogen and oxygen atoms in total. The van der Waals surface area contributed by atoms with Gasteiger partial charge in [0, 0.05) is 26.4 Å². The number of unbranched alkanes of at least 4 members (excludes halogenated alkanes) is 52. The van der Waals surface area contributed by atoms with Crippen LogP contribution in [0.15, 0.2) is 21.7 Å². The van der Waals surface area contributed by atoms with Gasteiger partial charge in [-0.25, -0.2) is 9.78 Å². The lowest BCUT2D eigenvalue weighted by atomic mass is 10.0. The van der Waals surface area contributed by atoms with E-state index in [0.717, 1.165) is 61.6 Å². The van der Waals surface area contributed by atoms with Gasteiger partial charge in [-0.1, -0.05) is 362 Å². The molecular formula is C81H148N4O6. The molecule has 91 heavy (non-hydrogen) atoms. The smallest absolute Gasteiger partial charge is 0.349 e. The van der Waals surface area contributed by atoms with Gasteiger partial charge in [0.2, 0.25) is 0 Å². The molecule has 0 saturated carbocycles. The van der Waals surface area contributed by atoms with Gasteiger partial charge in [0.05, 0.1) is 24.2 Å². The average molecular weight is 1270 g/mol. The van der Waals surface area contributed by atoms with Gasteiger partial charge in [0.25, 0.3) is 5.56 Å². The van der Waals surface area contributed by atoms with Crippen molar-refractivity contribution < 1.29 is 18.9 Å². The van der Waals surface area contributed by atoms with Gasteiger partial charge >= 0.3 is 5.69 Å². The number of fused-ring (bicyclic) bond motifs is 2. The number of H-pyrrole nitrogens is 1. The van der Waals surface area contributed by atoms with Crippen LogP contribution >= 0.6 is 0 Å². The number of aryl methyl sites for hydroxylation is 2. The second kappa shape index (κ2) is 59.8. The van der Waals surface area contributed by atoms with E-state index in [-0.39, 0.29) is 17.6 Å². The maximum atomic E-state index is 13.7. The van der Waals surface area contributed by atoms with Gasteiger partial charge < -0.3 is 23.5 Å². The summed E-state index contributed by atoms with van der Waals surface area (Å²) in [7, 11) is 0. The van der Waals surface area contributed by atoms with Crippen molar-refractivity contribution >= 4 is 11.0 Å². The van der Waals surface area contributed by atoms with E-state index in [4.69, 9.17) is 23.9 Å². The molecule has 0 unspecified atom stereocenters. The number of nitrogens with zero attached hydrogens (tertiary/aromatic N) is 3. The minimum Gasteiger partial charge on any atom is -0.379 e. The first-order valence-corrected chi connectivity index (χ1v) is 40.2. The molecule has 0 bridgehead atoms. The number of hydrogen-bond acceptors (Lipinski definition) is 8. The lowest BCUT2D eigenvalue weighted by molar-refractivity contribution is -0.160. The number of ether oxygens (including phenoxy) is 4. The van der Waals surface area contributed by atoms with Crippen LogP contribution in [0.1, 0.15) is 398 Å². The highest BCUT2D eigenvalue weighted by Crippen LogP contribution is 2.28. The Bertz CT molecular complexity index is 2160. The molecule has 0 fully saturated rings. The van der Waals surface area contributed by atoms with Crippen molar-refractivity contribution in [1.29, 1.82) is 0 Å². The topological polar surface area (TPSA) is 118 Å². The summed E-state index contributed by atoms with van der Waals surface area (Å²) in [6.07, 6.45) is 72.1. The van der Waals surface area contributed by atoms with Crippen LogP contribution in [-0.2, 0) is 25.5 Å². The number of nitrogens with one attached hydrogen (secondary N) is 1. The Morgan fingerprint density at radius 2 is 0.659 bits per heavy atom. The van der Waals surface area contributed by atoms with E-state index < -0.39 is 23.5 Å². The zero-order chi connectivity index (χ0) is 65.1. The third-order valence-electron chi connectivity index (χ3n) is 19.7. The molecule has 0 aliphatic carbocycles. The summed E-state index contributed by atoms with van der Waals surface area (Å²) in [6.45, 7) is 16.6. The van der Waals surface area contributed by atoms with E-state index in [1.807, 2.05) is 10.6 Å². The molecular weight excluding hydrogens is 1120 g/mol. The largest absolute Gasteiger partial charge is 0.379 e. The highest BCUT2D eigenvalue weighted by Gasteiger charge is 2.35. The quantitative estimate of drug-likeness (QED) is 0.0439. The Balaban J connectivity index is 1.83. The van der Waals surface area contributed by atoms with Crippen molar-refractivity contribution in [2.45, 2.75) is 426 Å². The van der Waals surface area contributed by atoms with E-state index in [1.54, 1.807) is 0 Å². The van der Waals surface area contributed by atoms with Crippen LogP contribution in [0.2, 0.25) is 0 Å². The van der Waals surface area contributed by atoms with Crippen molar-refractivity contribution in [3.05, 3.63) is 44.1 Å². The monoisotopic (exact) mass is 1270 g/mol. The summed E-state index contributed by atoms with van der Waals surface area (Å²) in [4.78, 5) is 38.6. The number of benzene rings is 1. The fourth-order valence-corrected chi connectivity index (χ4v) is 13.5. The molecule has 0 amide bonds. The lowest BCUT2D eigenvalue weighted by Gasteiger charge is -2.35. The fraction of sp³-hybridized carbons (Fsp3) is 0.877. The molecule has 10 heteroatoms. The summed E-state index contributed by atoms with van der Waals surface area (Å²) in [5.74, 6) is 0.272. The third-order valence-corrected chi connectivity index (χ3v) is 19.7. The van der Waals surface area contributed by atoms with Crippen LogP contribution in [0.5, 0.6) is 0 Å². The fourth-order valence-electron chi connectivity index (χ4n) is 13.5. The summed E-state index contributed by atoms with van der Waals surface area (Å²) in [5.41, 5.74) is 2.65. The van der Waals surface area contributed by atoms with Crippen LogP contribution < -0.4 is 11.2 Å². The molecule has 1 aromatic carbocycles. The zero-order valence-corrected chi connectivity index (χ0v) is 61.0. The molecule has 2 aliphatic rings. The first-order chi connectivity index (χ1) is 44.8. The van der Waals surface area contributed by atoms with Gasteiger partial charge in [-0.2, -0.15) is 4.98 Å². The van der Waals surface area contributed by atoms with Crippen molar-refractivity contribution in [3.63, 3.8) is 0 Å². The van der Waals surface area contributed by atoms with Crippen molar-refractivity contribution in [2.24, 2.45) is 0 Å². The predicted molar refractivity (Wildman–Crippen MR) is 392 cm³/mol. The molecule has 1 N–H and O–H groups in total. The van der Waals surface area contributed by atoms with E-state index in [2.05, 4.69) is 57.6 Å². The number of rotatable bonds is 69. The Morgan fingerprint density at radius 1 is 0.363 bits per heavy atom. The Labute approximate surface area is 561 Å². The molecule has 0 aromatic heterocycles. The van der Waals surface area contributed by atoms with Crippen molar-refractivity contribution in [2.75, 3.05) is 33.0 Å². The molecule has 0 radical (unpaired) electrons. The second-order valence-electron chi connectivity index (χ2n) is 28.3. The second-order valence-corrected chi connectivity index (χ2v) is 28.3. The number of hydrogen-bond donors (Lipinski definition) is 1. The van der Waals surface area contributed by atoms with Crippen molar-refractivity contribution in [1.82, 2.24) is 19.5 Å². The SMILES string of the molecule is CCCCCCCCCCCCCCCCOC[C@@H](OCCCCCCCCCCCCCCCC)[C@@H](OCCCCCCCCCCCCCCCC)[C@H](Cn1c2nc(=O)[nH]c(=O)c-2nc2cc(C)c(C)cc21)OCCCCCCCCCCCCCCCC. The van der Waals surface area contributed by atoms with E-state index in [0.29, 0.717) is 45.1 Å². The standard InChI is InChI=1S/C81H148N4O6/c1-7-11-15-19-23-27-31-35-39-43-47-51-55-59-63-88-70-76(90-65-61-57-53-49-45-41-37-33-29-25-21-17-13-9-3)78(91-66-62-58-54-50-46-42-38-34-30-26-22-18-14-10-4)75(89-64-60-56-52-48-44-40-36-32-28-24-20-16-12-8-2)69-85-74-68-72(6)71(5)67-73(74)82-77-79(85)83-81(87)84-80(77)86/h67-68,75-76,78H,7-66,69-70H2,1-6H3,(H,84,86,87)/t75-,76+,78-/m0/s1. The highest BCUT2D eigenvalue weighted by molar-refractivity contribution is 5.81. The van der Waals surface area contributed by atoms with Crippen LogP contribution in [0.3, 0.4) is 0 Å². The maximum Gasteiger partial charge on any atom is 0.349 e. The number of aromatic amines is 1. The van der Waals surface area contributed by atoms with Gasteiger partial charge in [-0.3, -0.25) is 9.78 Å². The maximum absolute atomic E-state index is 13.7. The minimum absolute atomic E-state index is 0.156. The highest BCUT2D eigenvalue weighted by atomic mass is 16.6. The van der Waals surface area contributed by atoms with Gasteiger partial charge in [-0.15, -0.1) is 0 Å². The van der Waals surface area contributed by atoms with Gasteiger partial charge in [0.15, 0.2) is 11.5 Å².